The molecule has 0 rings (SSSR count). The molecule has 0 saturated heterocycles. The summed E-state index contributed by atoms with van der Waals surface area (Å²) in [4.78, 5) is 19.1. The smallest absolute Gasteiger partial charge is 0.163 e. The highest BCUT2D eigenvalue weighted by molar-refractivity contribution is 4.57. The van der Waals surface area contributed by atoms with Crippen molar-refractivity contribution in [3.05, 3.63) is 25.0 Å². The number of methoxy groups -OCH3 is 2. The third-order valence-corrected chi connectivity index (χ3v) is 2.27. The summed E-state index contributed by atoms with van der Waals surface area (Å²) in [6, 6.07) is 0. The van der Waals surface area contributed by atoms with Gasteiger partial charge in [-0.2, -0.15) is 9.78 Å². The SMILES string of the molecule is CCOCC(COCCOOC=COC)OCCOOC=COC. The largest absolute Gasteiger partial charge is 0.501 e. The molecule has 142 valence electrons. The molecule has 0 aromatic carbocycles. The highest BCUT2D eigenvalue weighted by Crippen LogP contribution is 1.97. The Hall–Kier alpha value is -1.52. The van der Waals surface area contributed by atoms with Crippen LogP contribution in [-0.2, 0) is 43.2 Å². The molecule has 9 nitrogen and oxygen atoms in total. The van der Waals surface area contributed by atoms with Crippen LogP contribution >= 0.6 is 0 Å². The summed E-state index contributed by atoms with van der Waals surface area (Å²) in [5, 5.41) is 0. The molecule has 0 spiro atoms. The van der Waals surface area contributed by atoms with Crippen molar-refractivity contribution >= 4 is 0 Å². The fourth-order valence-corrected chi connectivity index (χ4v) is 1.28. The summed E-state index contributed by atoms with van der Waals surface area (Å²) >= 11 is 0. The van der Waals surface area contributed by atoms with E-state index in [9.17, 15) is 0 Å². The van der Waals surface area contributed by atoms with E-state index in [4.69, 9.17) is 28.9 Å². The quantitative estimate of drug-likeness (QED) is 0.158. The first kappa shape index (κ1) is 22.5. The van der Waals surface area contributed by atoms with Gasteiger partial charge in [-0.1, -0.05) is 0 Å². The lowest BCUT2D eigenvalue weighted by Crippen LogP contribution is -2.28. The molecule has 0 bridgehead atoms. The normalized spacial score (nSPS) is 12.6. The minimum atomic E-state index is -0.211. The molecule has 24 heavy (non-hydrogen) atoms. The minimum absolute atomic E-state index is 0.211. The molecule has 0 aromatic rings. The third-order valence-electron chi connectivity index (χ3n) is 2.27. The molecule has 0 heterocycles. The van der Waals surface area contributed by atoms with Gasteiger partial charge >= 0.3 is 0 Å². The van der Waals surface area contributed by atoms with E-state index in [0.29, 0.717) is 33.0 Å². The molecule has 1 unspecified atom stereocenters. The molecule has 0 aliphatic rings. The lowest BCUT2D eigenvalue weighted by molar-refractivity contribution is -0.261. The molecular formula is C15H28O9. The Kier molecular flexibility index (Phi) is 18.3. The van der Waals surface area contributed by atoms with Gasteiger partial charge < -0.3 is 33.5 Å². The van der Waals surface area contributed by atoms with Crippen LogP contribution in [0.25, 0.3) is 0 Å². The van der Waals surface area contributed by atoms with Crippen molar-refractivity contribution in [2.45, 2.75) is 13.0 Å². The molecule has 1 atom stereocenters. The van der Waals surface area contributed by atoms with Gasteiger partial charge in [-0.3, -0.25) is 0 Å². The van der Waals surface area contributed by atoms with Crippen LogP contribution in [0.2, 0.25) is 0 Å². The molecular weight excluding hydrogens is 324 g/mol. The van der Waals surface area contributed by atoms with Crippen molar-refractivity contribution in [3.8, 4) is 0 Å². The summed E-state index contributed by atoms with van der Waals surface area (Å²) in [5.41, 5.74) is 0. The van der Waals surface area contributed by atoms with E-state index in [1.165, 1.54) is 39.3 Å². The van der Waals surface area contributed by atoms with E-state index < -0.39 is 0 Å². The number of ether oxygens (including phenoxy) is 5. The lowest BCUT2D eigenvalue weighted by Gasteiger charge is -2.17. The van der Waals surface area contributed by atoms with Gasteiger partial charge in [0.2, 0.25) is 0 Å². The van der Waals surface area contributed by atoms with Gasteiger partial charge in [-0.25, -0.2) is 0 Å². The van der Waals surface area contributed by atoms with Gasteiger partial charge in [0.1, 0.15) is 31.8 Å². The Labute approximate surface area is 142 Å². The highest BCUT2D eigenvalue weighted by Gasteiger charge is 2.10. The minimum Gasteiger partial charge on any atom is -0.501 e. The Morgan fingerprint density at radius 2 is 1.29 bits per heavy atom. The molecule has 0 aromatic heterocycles. The first-order chi connectivity index (χ1) is 11.8. The summed E-state index contributed by atoms with van der Waals surface area (Å²) in [6.45, 7) is 4.53. The molecule has 0 radical (unpaired) electrons. The summed E-state index contributed by atoms with van der Waals surface area (Å²) in [7, 11) is 3.02. The number of rotatable bonds is 18. The van der Waals surface area contributed by atoms with Gasteiger partial charge in [0, 0.05) is 6.61 Å². The summed E-state index contributed by atoms with van der Waals surface area (Å²) in [5.74, 6) is 0. The third kappa shape index (κ3) is 16.8. The van der Waals surface area contributed by atoms with Crippen LogP contribution in [0.4, 0.5) is 0 Å². The lowest BCUT2D eigenvalue weighted by atomic mass is 10.4. The number of hydrogen-bond acceptors (Lipinski definition) is 9. The summed E-state index contributed by atoms with van der Waals surface area (Å²) < 4.78 is 25.7. The van der Waals surface area contributed by atoms with Gasteiger partial charge in [0.15, 0.2) is 12.5 Å². The van der Waals surface area contributed by atoms with E-state index >= 15 is 0 Å². The van der Waals surface area contributed by atoms with Crippen molar-refractivity contribution in [3.63, 3.8) is 0 Å². The van der Waals surface area contributed by atoms with Crippen molar-refractivity contribution < 1.29 is 43.2 Å². The van der Waals surface area contributed by atoms with Crippen LogP contribution in [0.1, 0.15) is 6.92 Å². The highest BCUT2D eigenvalue weighted by atomic mass is 17.2. The topological polar surface area (TPSA) is 83.1 Å². The van der Waals surface area contributed by atoms with Crippen LogP contribution < -0.4 is 0 Å². The van der Waals surface area contributed by atoms with Crippen LogP contribution in [-0.4, -0.2) is 66.6 Å². The van der Waals surface area contributed by atoms with Crippen molar-refractivity contribution in [2.24, 2.45) is 0 Å². The second-order valence-corrected chi connectivity index (χ2v) is 4.08. The zero-order chi connectivity index (χ0) is 17.7. The maximum atomic E-state index is 5.60. The molecule has 0 N–H and O–H groups in total. The van der Waals surface area contributed by atoms with E-state index in [1.54, 1.807) is 0 Å². The van der Waals surface area contributed by atoms with Crippen LogP contribution in [0.15, 0.2) is 25.0 Å². The maximum absolute atomic E-state index is 5.60. The van der Waals surface area contributed by atoms with Gasteiger partial charge in [-0.05, 0) is 6.92 Å². The van der Waals surface area contributed by atoms with Gasteiger partial charge in [0.05, 0.1) is 40.6 Å². The Bertz CT molecular complexity index is 297. The average Bonchev–Trinajstić information content (AvgIpc) is 2.60. The second kappa shape index (κ2) is 19.5. The van der Waals surface area contributed by atoms with Crippen LogP contribution in [0.5, 0.6) is 0 Å². The van der Waals surface area contributed by atoms with E-state index in [2.05, 4.69) is 14.4 Å². The fourth-order valence-electron chi connectivity index (χ4n) is 1.28. The van der Waals surface area contributed by atoms with E-state index in [-0.39, 0.29) is 19.3 Å². The predicted octanol–water partition coefficient (Wildman–Crippen LogP) is 1.56. The average molecular weight is 352 g/mol. The van der Waals surface area contributed by atoms with Crippen LogP contribution in [0.3, 0.4) is 0 Å². The monoisotopic (exact) mass is 352 g/mol. The fraction of sp³-hybridized carbons (Fsp3) is 0.733. The van der Waals surface area contributed by atoms with Crippen molar-refractivity contribution in [1.29, 1.82) is 0 Å². The molecule has 0 aliphatic carbocycles. The molecule has 9 heteroatoms. The molecule has 0 fully saturated rings. The van der Waals surface area contributed by atoms with E-state index in [1.807, 2.05) is 6.92 Å². The van der Waals surface area contributed by atoms with Gasteiger partial charge in [-0.15, -0.1) is 0 Å². The predicted molar refractivity (Wildman–Crippen MR) is 83.4 cm³/mol. The maximum Gasteiger partial charge on any atom is 0.163 e. The zero-order valence-electron chi connectivity index (χ0n) is 14.5. The molecule has 0 saturated carbocycles. The standard InChI is InChI=1S/C15H28O9/c1-4-18-13-15(20-8-12-24-22-10-6-17-3)14-19-7-11-23-21-9-5-16-2/h5-6,9-10,15H,4,7-8,11-14H2,1-3H3. The molecule has 0 aliphatic heterocycles. The Morgan fingerprint density at radius 3 is 1.88 bits per heavy atom. The van der Waals surface area contributed by atoms with E-state index in [0.717, 1.165) is 0 Å². The van der Waals surface area contributed by atoms with Crippen molar-refractivity contribution in [1.82, 2.24) is 0 Å². The first-order valence-electron chi connectivity index (χ1n) is 7.54. The first-order valence-corrected chi connectivity index (χ1v) is 7.54. The van der Waals surface area contributed by atoms with Crippen molar-refractivity contribution in [2.75, 3.05) is 60.5 Å². The zero-order valence-corrected chi connectivity index (χ0v) is 14.5. The Balaban J connectivity index is 3.65. The summed E-state index contributed by atoms with van der Waals surface area (Å²) in [6.07, 6.45) is 5.06. The second-order valence-electron chi connectivity index (χ2n) is 4.08. The number of hydrogen-bond donors (Lipinski definition) is 0. The molecule has 0 amide bonds. The van der Waals surface area contributed by atoms with Gasteiger partial charge in [0.25, 0.3) is 0 Å². The Morgan fingerprint density at radius 1 is 0.708 bits per heavy atom. The van der Waals surface area contributed by atoms with Crippen LogP contribution in [0, 0.1) is 0 Å².